The number of alkyl carbamates (subject to hydrolysis) is 1. The summed E-state index contributed by atoms with van der Waals surface area (Å²) in [6.45, 7) is 6.80. The van der Waals surface area contributed by atoms with Crippen LogP contribution in [0.25, 0.3) is 0 Å². The van der Waals surface area contributed by atoms with Gasteiger partial charge in [0.05, 0.1) is 12.1 Å². The van der Waals surface area contributed by atoms with E-state index in [-0.39, 0.29) is 5.02 Å². The van der Waals surface area contributed by atoms with Crippen molar-refractivity contribution in [1.29, 1.82) is 0 Å². The van der Waals surface area contributed by atoms with E-state index in [0.29, 0.717) is 5.56 Å². The van der Waals surface area contributed by atoms with E-state index < -0.39 is 29.7 Å². The van der Waals surface area contributed by atoms with Gasteiger partial charge < -0.3 is 15.2 Å². The van der Waals surface area contributed by atoms with Gasteiger partial charge in [0.25, 0.3) is 0 Å². The maximum Gasteiger partial charge on any atom is 0.407 e. The Morgan fingerprint density at radius 3 is 2.50 bits per heavy atom. The van der Waals surface area contributed by atoms with Crippen molar-refractivity contribution < 1.29 is 19.0 Å². The molecule has 0 saturated heterocycles. The minimum absolute atomic E-state index is 0.184. The third kappa shape index (κ3) is 5.35. The topological polar surface area (TPSA) is 58.6 Å². The number of benzene rings is 1. The number of hydrogen-bond donors (Lipinski definition) is 2. The number of carbonyl (C=O) groups is 1. The van der Waals surface area contributed by atoms with E-state index >= 15 is 0 Å². The number of amides is 1. The molecular weight excluding hydrogens is 285 g/mol. The standard InChI is InChI=1S/C14H19ClFNO3/c1-8(17-13(19)20-14(2,3)4)12(18)9-5-10(15)7-11(16)6-9/h5-8,12,18H,1-4H3,(H,17,19). The predicted molar refractivity (Wildman–Crippen MR) is 75.2 cm³/mol. The zero-order valence-corrected chi connectivity index (χ0v) is 12.7. The molecule has 1 aromatic rings. The largest absolute Gasteiger partial charge is 0.444 e. The molecule has 2 unspecified atom stereocenters. The average Bonchev–Trinajstić information content (AvgIpc) is 2.23. The molecule has 1 rings (SSSR count). The average molecular weight is 304 g/mol. The number of aliphatic hydroxyl groups is 1. The Morgan fingerprint density at radius 2 is 2.00 bits per heavy atom. The lowest BCUT2D eigenvalue weighted by atomic mass is 10.0. The van der Waals surface area contributed by atoms with Crippen molar-refractivity contribution in [1.82, 2.24) is 5.32 Å². The quantitative estimate of drug-likeness (QED) is 0.899. The van der Waals surface area contributed by atoms with Crippen molar-refractivity contribution in [2.75, 3.05) is 0 Å². The van der Waals surface area contributed by atoms with Crippen LogP contribution in [0.3, 0.4) is 0 Å². The van der Waals surface area contributed by atoms with Gasteiger partial charge in [0.15, 0.2) is 0 Å². The molecule has 0 radical (unpaired) electrons. The fraction of sp³-hybridized carbons (Fsp3) is 0.500. The molecule has 1 aromatic carbocycles. The Kier molecular flexibility index (Phi) is 5.36. The van der Waals surface area contributed by atoms with Crippen LogP contribution in [0.1, 0.15) is 39.4 Å². The summed E-state index contributed by atoms with van der Waals surface area (Å²) in [6, 6.07) is 3.11. The molecule has 0 bridgehead atoms. The fourth-order valence-corrected chi connectivity index (χ4v) is 1.84. The highest BCUT2D eigenvalue weighted by molar-refractivity contribution is 6.30. The van der Waals surface area contributed by atoms with Crippen LogP contribution in [0.15, 0.2) is 18.2 Å². The number of hydrogen-bond acceptors (Lipinski definition) is 3. The zero-order chi connectivity index (χ0) is 15.5. The summed E-state index contributed by atoms with van der Waals surface area (Å²) >= 11 is 5.73. The molecule has 2 N–H and O–H groups in total. The Hall–Kier alpha value is -1.33. The normalized spacial score (nSPS) is 14.6. The first kappa shape index (κ1) is 16.7. The summed E-state index contributed by atoms with van der Waals surface area (Å²) in [4.78, 5) is 11.6. The van der Waals surface area contributed by atoms with Gasteiger partial charge in [-0.25, -0.2) is 9.18 Å². The van der Waals surface area contributed by atoms with Crippen molar-refractivity contribution >= 4 is 17.7 Å². The Labute approximate surface area is 122 Å². The van der Waals surface area contributed by atoms with Crippen LogP contribution in [0.4, 0.5) is 9.18 Å². The molecule has 6 heteroatoms. The molecule has 2 atom stereocenters. The van der Waals surface area contributed by atoms with Gasteiger partial charge in [0.1, 0.15) is 11.4 Å². The number of ether oxygens (including phenoxy) is 1. The first-order chi connectivity index (χ1) is 9.08. The minimum atomic E-state index is -1.09. The van der Waals surface area contributed by atoms with Crippen LogP contribution in [0, 0.1) is 5.82 Å². The monoisotopic (exact) mass is 303 g/mol. The summed E-state index contributed by atoms with van der Waals surface area (Å²) in [5.41, 5.74) is -0.338. The fourth-order valence-electron chi connectivity index (χ4n) is 1.61. The molecule has 0 aliphatic heterocycles. The van der Waals surface area contributed by atoms with Crippen LogP contribution in [-0.2, 0) is 4.74 Å². The molecule has 20 heavy (non-hydrogen) atoms. The van der Waals surface area contributed by atoms with Crippen molar-refractivity contribution in [3.63, 3.8) is 0 Å². The SMILES string of the molecule is CC(NC(=O)OC(C)(C)C)C(O)c1cc(F)cc(Cl)c1. The molecule has 0 fully saturated rings. The molecule has 1 amide bonds. The van der Waals surface area contributed by atoms with E-state index in [9.17, 15) is 14.3 Å². The number of nitrogens with one attached hydrogen (secondary N) is 1. The van der Waals surface area contributed by atoms with E-state index in [1.807, 2.05) is 0 Å². The number of carbonyl (C=O) groups excluding carboxylic acids is 1. The molecule has 4 nitrogen and oxygen atoms in total. The van der Waals surface area contributed by atoms with Crippen molar-refractivity contribution in [2.45, 2.75) is 45.4 Å². The van der Waals surface area contributed by atoms with Crippen LogP contribution < -0.4 is 5.32 Å². The minimum Gasteiger partial charge on any atom is -0.444 e. The second kappa shape index (κ2) is 6.41. The first-order valence-electron chi connectivity index (χ1n) is 6.22. The Bertz CT molecular complexity index is 468. The van der Waals surface area contributed by atoms with Gasteiger partial charge in [0.2, 0.25) is 0 Å². The van der Waals surface area contributed by atoms with E-state index in [1.165, 1.54) is 12.1 Å². The third-order valence-corrected chi connectivity index (χ3v) is 2.66. The van der Waals surface area contributed by atoms with Crippen molar-refractivity contribution in [3.05, 3.63) is 34.6 Å². The molecule has 0 heterocycles. The van der Waals surface area contributed by atoms with Crippen molar-refractivity contribution in [2.24, 2.45) is 0 Å². The van der Waals surface area contributed by atoms with Crippen LogP contribution in [-0.4, -0.2) is 22.8 Å². The van der Waals surface area contributed by atoms with Crippen LogP contribution in [0.5, 0.6) is 0 Å². The molecule has 112 valence electrons. The molecule has 0 aliphatic carbocycles. The highest BCUT2D eigenvalue weighted by atomic mass is 35.5. The molecule has 0 aromatic heterocycles. The Balaban J connectivity index is 2.71. The lowest BCUT2D eigenvalue weighted by Gasteiger charge is -2.24. The van der Waals surface area contributed by atoms with E-state index in [4.69, 9.17) is 16.3 Å². The smallest absolute Gasteiger partial charge is 0.407 e. The summed E-state index contributed by atoms with van der Waals surface area (Å²) < 4.78 is 18.3. The van der Waals surface area contributed by atoms with Gasteiger partial charge in [-0.15, -0.1) is 0 Å². The Morgan fingerprint density at radius 1 is 1.40 bits per heavy atom. The lowest BCUT2D eigenvalue weighted by molar-refractivity contribution is 0.0435. The van der Waals surface area contributed by atoms with Gasteiger partial charge in [0, 0.05) is 5.02 Å². The molecule has 0 spiro atoms. The molecule has 0 saturated carbocycles. The number of rotatable bonds is 3. The van der Waals surface area contributed by atoms with Gasteiger partial charge in [-0.05, 0) is 51.5 Å². The second-order valence-corrected chi connectivity index (χ2v) is 6.02. The van der Waals surface area contributed by atoms with Crippen LogP contribution >= 0.6 is 11.6 Å². The van der Waals surface area contributed by atoms with Crippen LogP contribution in [0.2, 0.25) is 5.02 Å². The van der Waals surface area contributed by atoms with Gasteiger partial charge in [-0.2, -0.15) is 0 Å². The zero-order valence-electron chi connectivity index (χ0n) is 11.9. The van der Waals surface area contributed by atoms with Gasteiger partial charge >= 0.3 is 6.09 Å². The molecular formula is C14H19ClFNO3. The highest BCUT2D eigenvalue weighted by Crippen LogP contribution is 2.22. The first-order valence-corrected chi connectivity index (χ1v) is 6.60. The van der Waals surface area contributed by atoms with Crippen molar-refractivity contribution in [3.8, 4) is 0 Å². The summed E-state index contributed by atoms with van der Waals surface area (Å²) in [7, 11) is 0. The number of halogens is 2. The van der Waals surface area contributed by atoms with Gasteiger partial charge in [-0.1, -0.05) is 11.6 Å². The van der Waals surface area contributed by atoms with Gasteiger partial charge in [-0.3, -0.25) is 0 Å². The van der Waals surface area contributed by atoms with E-state index in [1.54, 1.807) is 27.7 Å². The lowest BCUT2D eigenvalue weighted by Crippen LogP contribution is -2.40. The summed E-state index contributed by atoms with van der Waals surface area (Å²) in [6.07, 6.45) is -1.73. The maximum absolute atomic E-state index is 13.2. The number of aliphatic hydroxyl groups excluding tert-OH is 1. The third-order valence-electron chi connectivity index (χ3n) is 2.44. The highest BCUT2D eigenvalue weighted by Gasteiger charge is 2.22. The maximum atomic E-state index is 13.2. The summed E-state index contributed by atoms with van der Waals surface area (Å²) in [5, 5.41) is 12.8. The van der Waals surface area contributed by atoms with E-state index in [0.717, 1.165) is 6.07 Å². The van der Waals surface area contributed by atoms with E-state index in [2.05, 4.69) is 5.32 Å². The summed E-state index contributed by atoms with van der Waals surface area (Å²) in [5.74, 6) is -0.545. The molecule has 0 aliphatic rings. The predicted octanol–water partition coefficient (Wildman–Crippen LogP) is 3.43. The second-order valence-electron chi connectivity index (χ2n) is 5.58.